The van der Waals surface area contributed by atoms with Crippen molar-refractivity contribution in [1.82, 2.24) is 20.5 Å². The van der Waals surface area contributed by atoms with E-state index in [9.17, 15) is 19.5 Å². The van der Waals surface area contributed by atoms with Crippen LogP contribution in [0.3, 0.4) is 0 Å². The predicted molar refractivity (Wildman–Crippen MR) is 125 cm³/mol. The van der Waals surface area contributed by atoms with Gasteiger partial charge in [-0.2, -0.15) is 5.10 Å². The van der Waals surface area contributed by atoms with Gasteiger partial charge in [0.05, 0.1) is 15.6 Å². The summed E-state index contributed by atoms with van der Waals surface area (Å²) >= 11 is 1.47. The summed E-state index contributed by atoms with van der Waals surface area (Å²) in [5.74, 6) is -1.49. The lowest BCUT2D eigenvalue weighted by Gasteiger charge is -2.46. The smallest absolute Gasteiger partial charge is 0.405 e. The number of thiazole rings is 1. The van der Waals surface area contributed by atoms with E-state index in [2.05, 4.69) is 20.8 Å². The van der Waals surface area contributed by atoms with Gasteiger partial charge in [0.2, 0.25) is 5.78 Å². The number of H-pyrrole nitrogens is 1. The minimum Gasteiger partial charge on any atom is -0.465 e. The van der Waals surface area contributed by atoms with E-state index in [4.69, 9.17) is 4.98 Å². The summed E-state index contributed by atoms with van der Waals surface area (Å²) in [6.07, 6.45) is 4.49. The van der Waals surface area contributed by atoms with Crippen molar-refractivity contribution in [3.05, 3.63) is 41.5 Å². The number of hydrogen-bond acceptors (Lipinski definition) is 6. The molecule has 174 valence electrons. The maximum atomic E-state index is 13.9. The third-order valence-electron chi connectivity index (χ3n) is 6.54. The summed E-state index contributed by atoms with van der Waals surface area (Å²) in [7, 11) is 0. The van der Waals surface area contributed by atoms with E-state index in [-0.39, 0.29) is 12.2 Å². The number of carboxylic acid groups (broad SMARTS) is 1. The van der Waals surface area contributed by atoms with Gasteiger partial charge in [0.1, 0.15) is 10.5 Å². The molecule has 0 aliphatic heterocycles. The molecule has 9 nitrogen and oxygen atoms in total. The molecule has 1 unspecified atom stereocenters. The molecule has 1 aliphatic carbocycles. The summed E-state index contributed by atoms with van der Waals surface area (Å²) in [6, 6.07) is 9.22. The molecule has 2 aromatic heterocycles. The zero-order chi connectivity index (χ0) is 23.5. The zero-order valence-corrected chi connectivity index (χ0v) is 19.2. The summed E-state index contributed by atoms with van der Waals surface area (Å²) in [5, 5.41) is 22.1. The molecule has 0 saturated heterocycles. The van der Waals surface area contributed by atoms with Gasteiger partial charge in [-0.1, -0.05) is 44.7 Å². The molecule has 33 heavy (non-hydrogen) atoms. The predicted octanol–water partition coefficient (Wildman–Crippen LogP) is 4.24. The van der Waals surface area contributed by atoms with Gasteiger partial charge >= 0.3 is 6.09 Å². The summed E-state index contributed by atoms with van der Waals surface area (Å²) in [6.45, 7) is 1.97. The van der Waals surface area contributed by atoms with Crippen LogP contribution in [0.15, 0.2) is 36.5 Å². The van der Waals surface area contributed by atoms with Crippen molar-refractivity contribution in [2.75, 3.05) is 5.32 Å². The molecule has 0 bridgehead atoms. The topological polar surface area (TPSA) is 137 Å². The molecule has 0 spiro atoms. The number of benzene rings is 1. The van der Waals surface area contributed by atoms with Crippen LogP contribution in [0.5, 0.6) is 0 Å². The van der Waals surface area contributed by atoms with Crippen LogP contribution >= 0.6 is 11.3 Å². The first kappa shape index (κ1) is 22.9. The number of Topliss-reactive ketones (excluding diaryl/α,β-unsaturated/α-hetero) is 1. The highest BCUT2D eigenvalue weighted by molar-refractivity contribution is 7.18. The quantitative estimate of drug-likeness (QED) is 0.346. The van der Waals surface area contributed by atoms with Gasteiger partial charge in [-0.25, -0.2) is 9.78 Å². The fourth-order valence-corrected chi connectivity index (χ4v) is 6.30. The number of unbranched alkanes of at least 4 members (excludes halogenated alkanes) is 1. The Labute approximate surface area is 195 Å². The lowest BCUT2D eigenvalue weighted by molar-refractivity contribution is -0.141. The minimum absolute atomic E-state index is 0.202. The number of carbonyl (C=O) groups is 3. The second kappa shape index (κ2) is 9.30. The van der Waals surface area contributed by atoms with Crippen LogP contribution in [-0.4, -0.2) is 43.6 Å². The molecule has 1 aromatic carbocycles. The van der Waals surface area contributed by atoms with Crippen molar-refractivity contribution in [3.63, 3.8) is 0 Å². The van der Waals surface area contributed by atoms with Crippen molar-refractivity contribution < 1.29 is 19.5 Å². The molecule has 1 aliphatic rings. The molecule has 0 radical (unpaired) electrons. The standard InChI is InChI=1S/C23H27N5O4S/c1-2-3-13-23(27-21(31)32,18(29)19(30)26-17-10-14-24-28-17)22(11-6-7-12-22)20-25-15-8-4-5-9-16(15)33-20/h4-5,8-10,14,27H,2-3,6-7,11-13H2,1H3,(H,31,32)(H2,24,26,28,30). The Morgan fingerprint density at radius 2 is 1.97 bits per heavy atom. The van der Waals surface area contributed by atoms with Crippen molar-refractivity contribution in [1.29, 1.82) is 0 Å². The first-order chi connectivity index (χ1) is 15.9. The van der Waals surface area contributed by atoms with Crippen molar-refractivity contribution in [2.45, 2.75) is 62.8 Å². The molecule has 1 fully saturated rings. The molecule has 4 N–H and O–H groups in total. The maximum absolute atomic E-state index is 13.9. The number of fused-ring (bicyclic) bond motifs is 1. The van der Waals surface area contributed by atoms with Crippen molar-refractivity contribution >= 4 is 45.2 Å². The van der Waals surface area contributed by atoms with Crippen LogP contribution in [0.25, 0.3) is 10.2 Å². The van der Waals surface area contributed by atoms with Crippen molar-refractivity contribution in [2.24, 2.45) is 0 Å². The second-order valence-corrected chi connectivity index (χ2v) is 9.49. The first-order valence-corrected chi connectivity index (χ1v) is 12.0. The van der Waals surface area contributed by atoms with E-state index in [1.807, 2.05) is 31.2 Å². The molecule has 2 amide bonds. The SMILES string of the molecule is CCCCC(NC(=O)O)(C(=O)C(=O)Nc1cc[nH]n1)C1(c2nc3ccccc3s2)CCCC1. The fraction of sp³-hybridized carbons (Fsp3) is 0.435. The van der Waals surface area contributed by atoms with Crippen LogP contribution in [0.1, 0.15) is 56.9 Å². The number of aromatic nitrogens is 3. The number of para-hydroxylation sites is 1. The van der Waals surface area contributed by atoms with Gasteiger partial charge in [-0.15, -0.1) is 11.3 Å². The largest absolute Gasteiger partial charge is 0.465 e. The van der Waals surface area contributed by atoms with Gasteiger partial charge in [-0.05, 0) is 31.4 Å². The number of ketones is 1. The highest BCUT2D eigenvalue weighted by Gasteiger charge is 2.61. The normalized spacial score (nSPS) is 16.9. The maximum Gasteiger partial charge on any atom is 0.405 e. The van der Waals surface area contributed by atoms with Crippen LogP contribution in [0, 0.1) is 0 Å². The number of hydrogen-bond donors (Lipinski definition) is 4. The minimum atomic E-state index is -1.64. The van der Waals surface area contributed by atoms with E-state index in [0.29, 0.717) is 24.3 Å². The third kappa shape index (κ3) is 4.10. The van der Waals surface area contributed by atoms with E-state index >= 15 is 0 Å². The Balaban J connectivity index is 1.87. The van der Waals surface area contributed by atoms with Gasteiger partial charge in [0, 0.05) is 12.3 Å². The monoisotopic (exact) mass is 469 g/mol. The fourth-order valence-electron chi connectivity index (χ4n) is 5.01. The second-order valence-electron chi connectivity index (χ2n) is 8.46. The number of nitrogens with zero attached hydrogens (tertiary/aromatic N) is 2. The summed E-state index contributed by atoms with van der Waals surface area (Å²) in [4.78, 5) is 44.0. The van der Waals surface area contributed by atoms with Crippen LogP contribution < -0.4 is 10.6 Å². The Morgan fingerprint density at radius 3 is 2.61 bits per heavy atom. The molecular formula is C23H27N5O4S. The lowest BCUT2D eigenvalue weighted by atomic mass is 9.63. The number of rotatable bonds is 9. The highest BCUT2D eigenvalue weighted by Crippen LogP contribution is 2.53. The Morgan fingerprint density at radius 1 is 1.21 bits per heavy atom. The molecule has 3 aromatic rings. The van der Waals surface area contributed by atoms with Gasteiger partial charge in [-0.3, -0.25) is 14.7 Å². The van der Waals surface area contributed by atoms with Crippen LogP contribution in [-0.2, 0) is 15.0 Å². The molecule has 10 heteroatoms. The van der Waals surface area contributed by atoms with Crippen LogP contribution in [0.2, 0.25) is 0 Å². The number of anilines is 1. The Hall–Kier alpha value is -3.27. The number of aromatic amines is 1. The Kier molecular flexibility index (Phi) is 6.46. The molecule has 2 heterocycles. The number of nitrogens with one attached hydrogen (secondary N) is 3. The van der Waals surface area contributed by atoms with Crippen LogP contribution in [0.4, 0.5) is 10.6 Å². The van der Waals surface area contributed by atoms with Gasteiger partial charge in [0.25, 0.3) is 5.91 Å². The number of carbonyl (C=O) groups excluding carboxylic acids is 2. The van der Waals surface area contributed by atoms with Gasteiger partial charge in [0.15, 0.2) is 5.82 Å². The van der Waals surface area contributed by atoms with E-state index < -0.39 is 28.7 Å². The van der Waals surface area contributed by atoms with E-state index in [1.165, 1.54) is 23.6 Å². The molecular weight excluding hydrogens is 442 g/mol. The van der Waals surface area contributed by atoms with E-state index in [1.54, 1.807) is 0 Å². The molecule has 4 rings (SSSR count). The average molecular weight is 470 g/mol. The summed E-state index contributed by atoms with van der Waals surface area (Å²) < 4.78 is 0.965. The highest BCUT2D eigenvalue weighted by atomic mass is 32.1. The lowest BCUT2D eigenvalue weighted by Crippen LogP contribution is -2.68. The van der Waals surface area contributed by atoms with E-state index in [0.717, 1.165) is 29.5 Å². The molecule has 1 saturated carbocycles. The summed E-state index contributed by atoms with van der Waals surface area (Å²) in [5.41, 5.74) is -1.75. The average Bonchev–Trinajstić information content (AvgIpc) is 3.56. The molecule has 1 atom stereocenters. The van der Waals surface area contributed by atoms with Crippen molar-refractivity contribution in [3.8, 4) is 0 Å². The Bertz CT molecular complexity index is 1120. The zero-order valence-electron chi connectivity index (χ0n) is 18.4. The first-order valence-electron chi connectivity index (χ1n) is 11.1. The van der Waals surface area contributed by atoms with Gasteiger partial charge < -0.3 is 15.7 Å². The number of amides is 2. The third-order valence-corrected chi connectivity index (χ3v) is 7.78.